The van der Waals surface area contributed by atoms with Crippen LogP contribution in [0.2, 0.25) is 0 Å². The molecule has 5 rings (SSSR count). The first-order chi connectivity index (χ1) is 14.6. The summed E-state index contributed by atoms with van der Waals surface area (Å²) >= 11 is 1.29. The standard InChI is InChI=1S/C23H16FN3O2S/c1-14-17(12-16-4-2-3-5-19(16)29-14)13-20-22(28)27-23(30-20)25-21(26-27)11-8-15-6-9-18(24)10-7-15/h2-14H,1H3/b11-8+,20-13+. The van der Waals surface area contributed by atoms with E-state index in [4.69, 9.17) is 4.74 Å². The van der Waals surface area contributed by atoms with Crippen molar-refractivity contribution in [1.82, 2.24) is 14.6 Å². The molecule has 2 aromatic carbocycles. The van der Waals surface area contributed by atoms with Crippen molar-refractivity contribution in [1.29, 1.82) is 0 Å². The minimum absolute atomic E-state index is 0.157. The average Bonchev–Trinajstić information content (AvgIpc) is 3.27. The van der Waals surface area contributed by atoms with Crippen LogP contribution in [-0.2, 0) is 0 Å². The first kappa shape index (κ1) is 18.4. The molecule has 5 nitrogen and oxygen atoms in total. The van der Waals surface area contributed by atoms with Crippen LogP contribution in [0.25, 0.3) is 29.3 Å². The highest BCUT2D eigenvalue weighted by molar-refractivity contribution is 7.15. The van der Waals surface area contributed by atoms with Crippen LogP contribution < -0.4 is 14.8 Å². The molecule has 30 heavy (non-hydrogen) atoms. The molecule has 7 heteroatoms. The van der Waals surface area contributed by atoms with Gasteiger partial charge in [0.15, 0.2) is 5.82 Å². The summed E-state index contributed by atoms with van der Waals surface area (Å²) in [4.78, 5) is 17.7. The number of thiazole rings is 1. The van der Waals surface area contributed by atoms with Gasteiger partial charge >= 0.3 is 0 Å². The molecule has 2 aromatic heterocycles. The molecule has 0 radical (unpaired) electrons. The highest BCUT2D eigenvalue weighted by atomic mass is 32.1. The second kappa shape index (κ2) is 7.35. The molecular formula is C23H16FN3O2S. The fourth-order valence-corrected chi connectivity index (χ4v) is 4.15. The first-order valence-electron chi connectivity index (χ1n) is 9.39. The van der Waals surface area contributed by atoms with E-state index in [1.54, 1.807) is 24.3 Å². The van der Waals surface area contributed by atoms with E-state index in [0.29, 0.717) is 15.3 Å². The molecule has 3 heterocycles. The third kappa shape index (κ3) is 3.44. The number of rotatable bonds is 3. The van der Waals surface area contributed by atoms with Crippen molar-refractivity contribution in [3.63, 3.8) is 0 Å². The summed E-state index contributed by atoms with van der Waals surface area (Å²) in [7, 11) is 0. The van der Waals surface area contributed by atoms with Gasteiger partial charge in [-0.05, 0) is 54.5 Å². The zero-order valence-electron chi connectivity index (χ0n) is 15.9. The Kier molecular flexibility index (Phi) is 4.52. The van der Waals surface area contributed by atoms with E-state index in [1.807, 2.05) is 43.3 Å². The molecule has 148 valence electrons. The third-order valence-corrected chi connectivity index (χ3v) is 5.76. The predicted octanol–water partition coefficient (Wildman–Crippen LogP) is 3.82. The first-order valence-corrected chi connectivity index (χ1v) is 10.2. The van der Waals surface area contributed by atoms with Crippen molar-refractivity contribution in [3.05, 3.63) is 91.8 Å². The molecule has 1 aliphatic rings. The number of aromatic nitrogens is 3. The Bertz CT molecular complexity index is 1420. The van der Waals surface area contributed by atoms with Crippen molar-refractivity contribution >= 4 is 40.6 Å². The van der Waals surface area contributed by atoms with Crippen LogP contribution >= 0.6 is 11.3 Å². The zero-order chi connectivity index (χ0) is 20.7. The smallest absolute Gasteiger partial charge is 0.291 e. The third-order valence-electron chi connectivity index (χ3n) is 4.81. The number of ether oxygens (including phenoxy) is 1. The van der Waals surface area contributed by atoms with Gasteiger partial charge in [0, 0.05) is 5.56 Å². The fraction of sp³-hybridized carbons (Fsp3) is 0.0870. The van der Waals surface area contributed by atoms with Gasteiger partial charge in [0.1, 0.15) is 17.7 Å². The second-order valence-electron chi connectivity index (χ2n) is 6.91. The molecule has 0 saturated heterocycles. The van der Waals surface area contributed by atoms with Gasteiger partial charge in [-0.2, -0.15) is 9.50 Å². The van der Waals surface area contributed by atoms with Crippen LogP contribution in [0.1, 0.15) is 23.9 Å². The lowest BCUT2D eigenvalue weighted by molar-refractivity contribution is 0.259. The van der Waals surface area contributed by atoms with E-state index < -0.39 is 0 Å². The van der Waals surface area contributed by atoms with Crippen LogP contribution in [-0.4, -0.2) is 20.7 Å². The molecular weight excluding hydrogens is 401 g/mol. The molecule has 1 unspecified atom stereocenters. The summed E-state index contributed by atoms with van der Waals surface area (Å²) in [6.07, 6.45) is 7.20. The fourth-order valence-electron chi connectivity index (χ4n) is 3.24. The van der Waals surface area contributed by atoms with Crippen LogP contribution in [0.3, 0.4) is 0 Å². The Morgan fingerprint density at radius 3 is 2.73 bits per heavy atom. The lowest BCUT2D eigenvalue weighted by atomic mass is 10.0. The summed E-state index contributed by atoms with van der Waals surface area (Å²) in [6, 6.07) is 13.9. The number of nitrogens with zero attached hydrogens (tertiary/aromatic N) is 3. The maximum Gasteiger partial charge on any atom is 0.291 e. The van der Waals surface area contributed by atoms with Crippen molar-refractivity contribution in [3.8, 4) is 5.75 Å². The van der Waals surface area contributed by atoms with Gasteiger partial charge in [-0.15, -0.1) is 5.10 Å². The van der Waals surface area contributed by atoms with Crippen LogP contribution in [0, 0.1) is 5.82 Å². The highest BCUT2D eigenvalue weighted by Crippen LogP contribution is 2.29. The molecule has 0 bridgehead atoms. The Morgan fingerprint density at radius 2 is 1.93 bits per heavy atom. The topological polar surface area (TPSA) is 56.5 Å². The van der Waals surface area contributed by atoms with Crippen LogP contribution in [0.4, 0.5) is 4.39 Å². The Hall–Kier alpha value is -3.58. The minimum atomic E-state index is -0.288. The lowest BCUT2D eigenvalue weighted by Gasteiger charge is -2.22. The number of benzene rings is 2. The highest BCUT2D eigenvalue weighted by Gasteiger charge is 2.18. The maximum atomic E-state index is 13.0. The van der Waals surface area contributed by atoms with Gasteiger partial charge < -0.3 is 4.74 Å². The largest absolute Gasteiger partial charge is 0.485 e. The van der Waals surface area contributed by atoms with E-state index in [-0.39, 0.29) is 17.5 Å². The van der Waals surface area contributed by atoms with E-state index in [9.17, 15) is 9.18 Å². The maximum absolute atomic E-state index is 13.0. The molecule has 0 spiro atoms. The Labute approximate surface area is 175 Å². The number of fused-ring (bicyclic) bond motifs is 2. The SMILES string of the molecule is CC1Oc2ccccc2C=C1/C=c1/sc2nc(/C=C/c3ccc(F)cc3)nn2c1=O. The Balaban J connectivity index is 1.48. The molecule has 0 amide bonds. The van der Waals surface area contributed by atoms with E-state index in [1.165, 1.54) is 28.0 Å². The van der Waals surface area contributed by atoms with E-state index in [0.717, 1.165) is 22.4 Å². The van der Waals surface area contributed by atoms with Crippen molar-refractivity contribution < 1.29 is 9.13 Å². The van der Waals surface area contributed by atoms with Gasteiger partial charge in [-0.25, -0.2) is 4.39 Å². The quantitative estimate of drug-likeness (QED) is 0.509. The van der Waals surface area contributed by atoms with Gasteiger partial charge in [-0.1, -0.05) is 47.7 Å². The average molecular weight is 417 g/mol. The minimum Gasteiger partial charge on any atom is -0.485 e. The predicted molar refractivity (Wildman–Crippen MR) is 117 cm³/mol. The van der Waals surface area contributed by atoms with E-state index >= 15 is 0 Å². The molecule has 1 aliphatic heterocycles. The Morgan fingerprint density at radius 1 is 1.13 bits per heavy atom. The van der Waals surface area contributed by atoms with Gasteiger partial charge in [0.05, 0.1) is 4.53 Å². The number of para-hydroxylation sites is 1. The monoisotopic (exact) mass is 417 g/mol. The number of hydrogen-bond acceptors (Lipinski definition) is 5. The molecule has 0 N–H and O–H groups in total. The number of hydrogen-bond donors (Lipinski definition) is 0. The normalized spacial score (nSPS) is 16.7. The van der Waals surface area contributed by atoms with Gasteiger partial charge in [0.2, 0.25) is 4.96 Å². The number of halogens is 1. The molecule has 1 atom stereocenters. The summed E-state index contributed by atoms with van der Waals surface area (Å²) in [5.74, 6) is 0.977. The lowest BCUT2D eigenvalue weighted by Crippen LogP contribution is -2.26. The summed E-state index contributed by atoms with van der Waals surface area (Å²) in [5.41, 5.74) is 2.52. The van der Waals surface area contributed by atoms with E-state index in [2.05, 4.69) is 10.1 Å². The molecule has 4 aromatic rings. The molecule has 0 fully saturated rings. The summed E-state index contributed by atoms with van der Waals surface area (Å²) < 4.78 is 20.8. The zero-order valence-corrected chi connectivity index (χ0v) is 16.8. The van der Waals surface area contributed by atoms with Gasteiger partial charge in [0.25, 0.3) is 5.56 Å². The summed E-state index contributed by atoms with van der Waals surface area (Å²) in [5, 5.41) is 4.29. The van der Waals surface area contributed by atoms with Crippen LogP contribution in [0.5, 0.6) is 5.75 Å². The van der Waals surface area contributed by atoms with Crippen molar-refractivity contribution in [2.75, 3.05) is 0 Å². The molecule has 0 saturated carbocycles. The van der Waals surface area contributed by atoms with Crippen molar-refractivity contribution in [2.45, 2.75) is 13.0 Å². The molecule has 0 aliphatic carbocycles. The second-order valence-corrected chi connectivity index (χ2v) is 7.92. The van der Waals surface area contributed by atoms with Crippen molar-refractivity contribution in [2.24, 2.45) is 0 Å². The van der Waals surface area contributed by atoms with Crippen LogP contribution in [0.15, 0.2) is 58.9 Å². The van der Waals surface area contributed by atoms with Gasteiger partial charge in [-0.3, -0.25) is 4.79 Å². The summed E-state index contributed by atoms with van der Waals surface area (Å²) in [6.45, 7) is 1.96.